The Bertz CT molecular complexity index is 606. The van der Waals surface area contributed by atoms with Gasteiger partial charge in [0.1, 0.15) is 5.82 Å². The molecular weight excluding hydrogens is 443 g/mol. The van der Waals surface area contributed by atoms with Crippen molar-refractivity contribution in [2.75, 3.05) is 0 Å². The Kier molecular flexibility index (Phi) is 5.22. The van der Waals surface area contributed by atoms with Gasteiger partial charge in [0.25, 0.3) is 0 Å². The SMILES string of the molecule is NC(Cc1cc(F)ccc1Cl)c1cc(I)ccc1Br. The second-order valence-corrected chi connectivity index (χ2v) is 6.72. The van der Waals surface area contributed by atoms with Crippen molar-refractivity contribution in [1.29, 1.82) is 0 Å². The lowest BCUT2D eigenvalue weighted by atomic mass is 9.99. The van der Waals surface area contributed by atoms with E-state index in [0.29, 0.717) is 11.4 Å². The topological polar surface area (TPSA) is 26.0 Å². The molecule has 2 aromatic rings. The molecule has 19 heavy (non-hydrogen) atoms. The minimum absolute atomic E-state index is 0.233. The fraction of sp³-hybridized carbons (Fsp3) is 0.143. The van der Waals surface area contributed by atoms with Crippen LogP contribution in [0, 0.1) is 9.39 Å². The summed E-state index contributed by atoms with van der Waals surface area (Å²) in [7, 11) is 0. The molecule has 2 aromatic carbocycles. The average molecular weight is 455 g/mol. The number of halogens is 4. The third kappa shape index (κ3) is 3.90. The molecule has 0 fully saturated rings. The number of rotatable bonds is 3. The monoisotopic (exact) mass is 453 g/mol. The summed E-state index contributed by atoms with van der Waals surface area (Å²) in [6.45, 7) is 0. The van der Waals surface area contributed by atoms with Crippen LogP contribution in [-0.4, -0.2) is 0 Å². The summed E-state index contributed by atoms with van der Waals surface area (Å²) in [6.07, 6.45) is 0.495. The molecule has 0 aliphatic heterocycles. The highest BCUT2D eigenvalue weighted by Crippen LogP contribution is 2.28. The van der Waals surface area contributed by atoms with Crippen LogP contribution in [0.1, 0.15) is 17.2 Å². The normalized spacial score (nSPS) is 12.5. The first-order chi connectivity index (χ1) is 8.97. The standard InChI is InChI=1S/C14H11BrClFIN/c15-12-3-2-10(18)7-11(12)14(19)6-8-5-9(17)1-4-13(8)16/h1-5,7,14H,6,19H2. The van der Waals surface area contributed by atoms with Crippen molar-refractivity contribution < 1.29 is 4.39 Å². The molecule has 0 amide bonds. The molecule has 1 atom stereocenters. The molecule has 0 bridgehead atoms. The van der Waals surface area contributed by atoms with Gasteiger partial charge in [-0.2, -0.15) is 0 Å². The molecule has 0 saturated carbocycles. The van der Waals surface area contributed by atoms with Gasteiger partial charge in [-0.05, 0) is 76.5 Å². The van der Waals surface area contributed by atoms with Crippen molar-refractivity contribution in [3.05, 3.63) is 66.4 Å². The van der Waals surface area contributed by atoms with Crippen molar-refractivity contribution in [3.8, 4) is 0 Å². The van der Waals surface area contributed by atoms with Crippen LogP contribution >= 0.6 is 50.1 Å². The summed E-state index contributed by atoms with van der Waals surface area (Å²) in [6, 6.07) is 10.1. The zero-order chi connectivity index (χ0) is 14.0. The second-order valence-electron chi connectivity index (χ2n) is 4.21. The molecule has 0 heterocycles. The van der Waals surface area contributed by atoms with Crippen LogP contribution in [0.5, 0.6) is 0 Å². The maximum absolute atomic E-state index is 13.2. The first-order valence-corrected chi connectivity index (χ1v) is 7.87. The van der Waals surface area contributed by atoms with Crippen molar-refractivity contribution in [3.63, 3.8) is 0 Å². The van der Waals surface area contributed by atoms with E-state index >= 15 is 0 Å². The van der Waals surface area contributed by atoms with Gasteiger partial charge in [0, 0.05) is 19.1 Å². The largest absolute Gasteiger partial charge is 0.324 e. The third-order valence-electron chi connectivity index (χ3n) is 2.81. The van der Waals surface area contributed by atoms with Gasteiger partial charge < -0.3 is 5.73 Å². The zero-order valence-corrected chi connectivity index (χ0v) is 14.3. The van der Waals surface area contributed by atoms with Crippen LogP contribution in [0.4, 0.5) is 4.39 Å². The van der Waals surface area contributed by atoms with E-state index in [1.807, 2.05) is 18.2 Å². The smallest absolute Gasteiger partial charge is 0.123 e. The van der Waals surface area contributed by atoms with E-state index in [1.165, 1.54) is 12.1 Å². The average Bonchev–Trinajstić information content (AvgIpc) is 2.36. The zero-order valence-electron chi connectivity index (χ0n) is 9.84. The number of hydrogen-bond donors (Lipinski definition) is 1. The van der Waals surface area contributed by atoms with Crippen LogP contribution in [0.15, 0.2) is 40.9 Å². The maximum Gasteiger partial charge on any atom is 0.123 e. The molecule has 0 aliphatic rings. The molecule has 0 saturated heterocycles. The summed E-state index contributed by atoms with van der Waals surface area (Å²) in [5.74, 6) is -0.298. The van der Waals surface area contributed by atoms with Crippen LogP contribution < -0.4 is 5.73 Å². The van der Waals surface area contributed by atoms with E-state index in [1.54, 1.807) is 6.07 Å². The molecule has 2 N–H and O–H groups in total. The van der Waals surface area contributed by atoms with Gasteiger partial charge >= 0.3 is 0 Å². The Morgan fingerprint density at radius 1 is 1.26 bits per heavy atom. The first-order valence-electron chi connectivity index (χ1n) is 5.62. The van der Waals surface area contributed by atoms with Gasteiger partial charge in [-0.15, -0.1) is 0 Å². The lowest BCUT2D eigenvalue weighted by molar-refractivity contribution is 0.622. The van der Waals surface area contributed by atoms with Gasteiger partial charge in [-0.3, -0.25) is 0 Å². The van der Waals surface area contributed by atoms with Gasteiger partial charge in [0.2, 0.25) is 0 Å². The van der Waals surface area contributed by atoms with Crippen molar-refractivity contribution in [2.24, 2.45) is 5.73 Å². The van der Waals surface area contributed by atoms with Crippen LogP contribution in [-0.2, 0) is 6.42 Å². The summed E-state index contributed by atoms with van der Waals surface area (Å²) >= 11 is 11.8. The summed E-state index contributed by atoms with van der Waals surface area (Å²) in [5.41, 5.74) is 7.92. The lowest BCUT2D eigenvalue weighted by Gasteiger charge is -2.15. The summed E-state index contributed by atoms with van der Waals surface area (Å²) < 4.78 is 15.3. The molecule has 0 aliphatic carbocycles. The molecular formula is C14H11BrClFIN. The first kappa shape index (κ1) is 15.2. The van der Waals surface area contributed by atoms with Crippen LogP contribution in [0.2, 0.25) is 5.02 Å². The van der Waals surface area contributed by atoms with Gasteiger partial charge in [0.05, 0.1) is 0 Å². The molecule has 0 aromatic heterocycles. The maximum atomic E-state index is 13.2. The highest BCUT2D eigenvalue weighted by molar-refractivity contribution is 14.1. The number of nitrogens with two attached hydrogens (primary N) is 1. The molecule has 2 rings (SSSR count). The summed E-state index contributed by atoms with van der Waals surface area (Å²) in [4.78, 5) is 0. The van der Waals surface area contributed by atoms with Crippen molar-refractivity contribution in [1.82, 2.24) is 0 Å². The second kappa shape index (κ2) is 6.52. The Morgan fingerprint density at radius 3 is 2.74 bits per heavy atom. The minimum atomic E-state index is -0.298. The fourth-order valence-electron chi connectivity index (χ4n) is 1.85. The lowest BCUT2D eigenvalue weighted by Crippen LogP contribution is -2.14. The van der Waals surface area contributed by atoms with Gasteiger partial charge in [-0.25, -0.2) is 4.39 Å². The van der Waals surface area contributed by atoms with E-state index in [4.69, 9.17) is 17.3 Å². The van der Waals surface area contributed by atoms with E-state index in [-0.39, 0.29) is 11.9 Å². The van der Waals surface area contributed by atoms with Crippen molar-refractivity contribution >= 4 is 50.1 Å². The van der Waals surface area contributed by atoms with Crippen LogP contribution in [0.3, 0.4) is 0 Å². The Labute approximate surface area is 138 Å². The fourth-order valence-corrected chi connectivity index (χ4v) is 3.10. The predicted octanol–water partition coefficient (Wildman–Crippen LogP) is 5.09. The van der Waals surface area contributed by atoms with Crippen molar-refractivity contribution in [2.45, 2.75) is 12.5 Å². The van der Waals surface area contributed by atoms with E-state index < -0.39 is 0 Å². The van der Waals surface area contributed by atoms with Crippen LogP contribution in [0.25, 0.3) is 0 Å². The van der Waals surface area contributed by atoms with E-state index in [0.717, 1.165) is 19.2 Å². The highest BCUT2D eigenvalue weighted by Gasteiger charge is 2.13. The quantitative estimate of drug-likeness (QED) is 0.643. The molecule has 100 valence electrons. The Hall–Kier alpha value is -0.170. The summed E-state index contributed by atoms with van der Waals surface area (Å²) in [5, 5.41) is 0.540. The molecule has 0 radical (unpaired) electrons. The molecule has 0 spiro atoms. The Balaban J connectivity index is 2.27. The van der Waals surface area contributed by atoms with Gasteiger partial charge in [0.15, 0.2) is 0 Å². The van der Waals surface area contributed by atoms with E-state index in [2.05, 4.69) is 38.5 Å². The third-order valence-corrected chi connectivity index (χ3v) is 4.57. The Morgan fingerprint density at radius 2 is 2.00 bits per heavy atom. The number of hydrogen-bond acceptors (Lipinski definition) is 1. The molecule has 5 heteroatoms. The molecule has 1 unspecified atom stereocenters. The van der Waals surface area contributed by atoms with E-state index in [9.17, 15) is 4.39 Å². The highest BCUT2D eigenvalue weighted by atomic mass is 127. The predicted molar refractivity (Wildman–Crippen MR) is 88.9 cm³/mol. The minimum Gasteiger partial charge on any atom is -0.324 e. The molecule has 1 nitrogen and oxygen atoms in total. The number of benzene rings is 2. The van der Waals surface area contributed by atoms with Gasteiger partial charge in [-0.1, -0.05) is 27.5 Å².